The summed E-state index contributed by atoms with van der Waals surface area (Å²) in [6, 6.07) is 15.8. The van der Waals surface area contributed by atoms with Gasteiger partial charge in [-0.15, -0.1) is 11.3 Å². The van der Waals surface area contributed by atoms with E-state index < -0.39 is 0 Å². The summed E-state index contributed by atoms with van der Waals surface area (Å²) < 4.78 is 1.97. The molecule has 24 heavy (non-hydrogen) atoms. The van der Waals surface area contributed by atoms with E-state index in [0.29, 0.717) is 5.02 Å². The molecule has 2 heterocycles. The van der Waals surface area contributed by atoms with Crippen molar-refractivity contribution in [3.8, 4) is 16.9 Å². The second kappa shape index (κ2) is 6.47. The minimum absolute atomic E-state index is 0.701. The molecule has 0 aliphatic heterocycles. The molecule has 0 unspecified atom stereocenters. The highest BCUT2D eigenvalue weighted by molar-refractivity contribution is 7.14. The summed E-state index contributed by atoms with van der Waals surface area (Å²) in [7, 11) is 0. The van der Waals surface area contributed by atoms with E-state index in [-0.39, 0.29) is 0 Å². The second-order valence-corrected chi connectivity index (χ2v) is 6.48. The highest BCUT2D eigenvalue weighted by atomic mass is 35.5. The van der Waals surface area contributed by atoms with Gasteiger partial charge >= 0.3 is 0 Å². The minimum atomic E-state index is 0.701. The number of aromatic nitrogens is 3. The van der Waals surface area contributed by atoms with Crippen molar-refractivity contribution in [3.63, 3.8) is 0 Å². The Kier molecular flexibility index (Phi) is 4.02. The van der Waals surface area contributed by atoms with Gasteiger partial charge in [-0.25, -0.2) is 9.97 Å². The Bertz CT molecular complexity index is 945. The molecule has 0 aliphatic rings. The molecule has 0 radical (unpaired) electrons. The molecule has 4 rings (SSSR count). The molecule has 118 valence electrons. The zero-order valence-electron chi connectivity index (χ0n) is 12.6. The van der Waals surface area contributed by atoms with Gasteiger partial charge in [0.1, 0.15) is 0 Å². The van der Waals surface area contributed by atoms with Crippen LogP contribution in [-0.4, -0.2) is 14.5 Å². The molecule has 4 aromatic rings. The first-order chi connectivity index (χ1) is 11.8. The normalized spacial score (nSPS) is 10.7. The fraction of sp³-hybridized carbons (Fsp3) is 0. The van der Waals surface area contributed by atoms with Crippen molar-refractivity contribution < 1.29 is 0 Å². The Labute approximate surface area is 148 Å². The fourth-order valence-electron chi connectivity index (χ4n) is 2.37. The molecule has 0 saturated carbocycles. The van der Waals surface area contributed by atoms with Crippen LogP contribution in [-0.2, 0) is 0 Å². The molecular weight excluding hydrogens is 340 g/mol. The number of hydrogen-bond acceptors (Lipinski definition) is 4. The van der Waals surface area contributed by atoms with Crippen LogP contribution in [0.2, 0.25) is 5.02 Å². The van der Waals surface area contributed by atoms with E-state index in [1.54, 1.807) is 23.9 Å². The van der Waals surface area contributed by atoms with Crippen LogP contribution in [0, 0.1) is 0 Å². The lowest BCUT2D eigenvalue weighted by molar-refractivity contribution is 1.06. The van der Waals surface area contributed by atoms with Gasteiger partial charge in [-0.3, -0.25) is 0 Å². The summed E-state index contributed by atoms with van der Waals surface area (Å²) in [5, 5.41) is 6.86. The molecule has 1 N–H and O–H groups in total. The molecule has 0 bridgehead atoms. The standard InChI is InChI=1S/C18H13ClN4S/c19-14-2-1-3-15(10-14)21-18-22-17(11-24-18)13-4-6-16(7-5-13)23-9-8-20-12-23/h1-12H,(H,21,22). The summed E-state index contributed by atoms with van der Waals surface area (Å²) >= 11 is 7.57. The number of nitrogens with one attached hydrogen (secondary N) is 1. The summed E-state index contributed by atoms with van der Waals surface area (Å²) in [5.41, 5.74) is 4.03. The van der Waals surface area contributed by atoms with Gasteiger partial charge in [-0.2, -0.15) is 0 Å². The quantitative estimate of drug-likeness (QED) is 0.535. The Morgan fingerprint density at radius 2 is 1.96 bits per heavy atom. The van der Waals surface area contributed by atoms with Gasteiger partial charge < -0.3 is 9.88 Å². The van der Waals surface area contributed by atoms with Gasteiger partial charge in [0.2, 0.25) is 0 Å². The molecule has 0 spiro atoms. The highest BCUT2D eigenvalue weighted by Crippen LogP contribution is 2.28. The van der Waals surface area contributed by atoms with E-state index in [1.807, 2.05) is 40.4 Å². The average molecular weight is 353 g/mol. The van der Waals surface area contributed by atoms with Gasteiger partial charge in [0, 0.05) is 39.7 Å². The van der Waals surface area contributed by atoms with Crippen molar-refractivity contribution in [3.05, 3.63) is 77.7 Å². The molecule has 0 saturated heterocycles. The van der Waals surface area contributed by atoms with E-state index in [1.165, 1.54) is 0 Å². The Morgan fingerprint density at radius 1 is 1.08 bits per heavy atom. The predicted molar refractivity (Wildman–Crippen MR) is 99.4 cm³/mol. The van der Waals surface area contributed by atoms with Crippen molar-refractivity contribution in [2.24, 2.45) is 0 Å². The summed E-state index contributed by atoms with van der Waals surface area (Å²) in [6.07, 6.45) is 5.47. The van der Waals surface area contributed by atoms with Crippen molar-refractivity contribution in [1.29, 1.82) is 0 Å². The highest BCUT2D eigenvalue weighted by Gasteiger charge is 2.06. The maximum Gasteiger partial charge on any atom is 0.187 e. The lowest BCUT2D eigenvalue weighted by atomic mass is 10.1. The maximum atomic E-state index is 6.01. The van der Waals surface area contributed by atoms with Crippen molar-refractivity contribution in [1.82, 2.24) is 14.5 Å². The molecule has 6 heteroatoms. The van der Waals surface area contributed by atoms with Crippen LogP contribution in [0.1, 0.15) is 0 Å². The number of hydrogen-bond donors (Lipinski definition) is 1. The lowest BCUT2D eigenvalue weighted by Gasteiger charge is -2.03. The number of benzene rings is 2. The van der Waals surface area contributed by atoms with Crippen molar-refractivity contribution in [2.75, 3.05) is 5.32 Å². The van der Waals surface area contributed by atoms with Crippen molar-refractivity contribution >= 4 is 33.8 Å². The first kappa shape index (κ1) is 14.9. The molecule has 0 aliphatic carbocycles. The third kappa shape index (κ3) is 3.18. The number of rotatable bonds is 4. The van der Waals surface area contributed by atoms with Crippen LogP contribution in [0.3, 0.4) is 0 Å². The first-order valence-electron chi connectivity index (χ1n) is 7.35. The van der Waals surface area contributed by atoms with Crippen LogP contribution < -0.4 is 5.32 Å². The van der Waals surface area contributed by atoms with Crippen LogP contribution in [0.15, 0.2) is 72.6 Å². The SMILES string of the molecule is Clc1cccc(Nc2nc(-c3ccc(-n4ccnc4)cc3)cs2)c1. The summed E-state index contributed by atoms with van der Waals surface area (Å²) in [5.74, 6) is 0. The Hall–Kier alpha value is -2.63. The molecule has 0 amide bonds. The minimum Gasteiger partial charge on any atom is -0.331 e. The third-order valence-electron chi connectivity index (χ3n) is 3.55. The maximum absolute atomic E-state index is 6.01. The van der Waals surface area contributed by atoms with Gasteiger partial charge in [-0.05, 0) is 30.3 Å². The van der Waals surface area contributed by atoms with E-state index in [0.717, 1.165) is 27.8 Å². The second-order valence-electron chi connectivity index (χ2n) is 5.19. The monoisotopic (exact) mass is 352 g/mol. The third-order valence-corrected chi connectivity index (χ3v) is 4.54. The lowest BCUT2D eigenvalue weighted by Crippen LogP contribution is -1.90. The van der Waals surface area contributed by atoms with Crippen LogP contribution in [0.25, 0.3) is 16.9 Å². The van der Waals surface area contributed by atoms with Gasteiger partial charge in [0.25, 0.3) is 0 Å². The number of nitrogens with zero attached hydrogens (tertiary/aromatic N) is 3. The average Bonchev–Trinajstić information content (AvgIpc) is 3.27. The van der Waals surface area contributed by atoms with E-state index in [2.05, 4.69) is 39.6 Å². The number of imidazole rings is 1. The van der Waals surface area contributed by atoms with E-state index in [4.69, 9.17) is 11.6 Å². The van der Waals surface area contributed by atoms with Gasteiger partial charge in [0.15, 0.2) is 5.13 Å². The predicted octanol–water partition coefficient (Wildman–Crippen LogP) is 5.39. The number of thiazole rings is 1. The largest absolute Gasteiger partial charge is 0.331 e. The zero-order valence-corrected chi connectivity index (χ0v) is 14.1. The van der Waals surface area contributed by atoms with Crippen LogP contribution in [0.5, 0.6) is 0 Å². The number of halogens is 1. The first-order valence-corrected chi connectivity index (χ1v) is 8.60. The topological polar surface area (TPSA) is 42.7 Å². The van der Waals surface area contributed by atoms with E-state index >= 15 is 0 Å². The summed E-state index contributed by atoms with van der Waals surface area (Å²) in [4.78, 5) is 8.71. The molecule has 0 atom stereocenters. The van der Waals surface area contributed by atoms with E-state index in [9.17, 15) is 0 Å². The zero-order chi connectivity index (χ0) is 16.4. The molecule has 2 aromatic carbocycles. The molecule has 4 nitrogen and oxygen atoms in total. The fourth-order valence-corrected chi connectivity index (χ4v) is 3.30. The Balaban J connectivity index is 1.54. The number of anilines is 2. The van der Waals surface area contributed by atoms with Gasteiger partial charge in [-0.1, -0.05) is 29.8 Å². The molecular formula is C18H13ClN4S. The smallest absolute Gasteiger partial charge is 0.187 e. The molecule has 0 fully saturated rings. The van der Waals surface area contributed by atoms with Crippen molar-refractivity contribution in [2.45, 2.75) is 0 Å². The Morgan fingerprint density at radius 3 is 2.71 bits per heavy atom. The molecule has 2 aromatic heterocycles. The van der Waals surface area contributed by atoms with Gasteiger partial charge in [0.05, 0.1) is 12.0 Å². The van der Waals surface area contributed by atoms with Crippen LogP contribution in [0.4, 0.5) is 10.8 Å². The summed E-state index contributed by atoms with van der Waals surface area (Å²) in [6.45, 7) is 0. The van der Waals surface area contributed by atoms with Crippen LogP contribution >= 0.6 is 22.9 Å².